The first kappa shape index (κ1) is 12.4. The zero-order valence-corrected chi connectivity index (χ0v) is 8.54. The number of carbonyl (C=O) groups is 1. The molecule has 0 amide bonds. The SMILES string of the molecule is COC(=O)C(CN)c1cc(F)cc(F)c1O. The fourth-order valence-electron chi connectivity index (χ4n) is 1.34. The Labute approximate surface area is 90.6 Å². The topological polar surface area (TPSA) is 72.5 Å². The van der Waals surface area contributed by atoms with Crippen LogP contribution >= 0.6 is 0 Å². The zero-order chi connectivity index (χ0) is 12.3. The second-order valence-electron chi connectivity index (χ2n) is 3.14. The number of ether oxygens (including phenoxy) is 1. The fraction of sp³-hybridized carbons (Fsp3) is 0.300. The van der Waals surface area contributed by atoms with Crippen molar-refractivity contribution in [1.82, 2.24) is 0 Å². The Morgan fingerprint density at radius 3 is 2.69 bits per heavy atom. The van der Waals surface area contributed by atoms with E-state index in [-0.39, 0.29) is 12.1 Å². The van der Waals surface area contributed by atoms with E-state index in [1.165, 1.54) is 0 Å². The van der Waals surface area contributed by atoms with Gasteiger partial charge in [-0.05, 0) is 6.07 Å². The molecule has 0 aliphatic heterocycles. The Hall–Kier alpha value is -1.69. The number of aromatic hydroxyl groups is 1. The minimum absolute atomic E-state index is 0.216. The van der Waals surface area contributed by atoms with E-state index < -0.39 is 29.3 Å². The number of methoxy groups -OCH3 is 1. The van der Waals surface area contributed by atoms with Crippen LogP contribution in [-0.2, 0) is 9.53 Å². The number of rotatable bonds is 3. The van der Waals surface area contributed by atoms with Crippen LogP contribution < -0.4 is 5.73 Å². The molecular weight excluding hydrogens is 220 g/mol. The number of nitrogens with two attached hydrogens (primary N) is 1. The Balaban J connectivity index is 3.24. The summed E-state index contributed by atoms with van der Waals surface area (Å²) in [6.07, 6.45) is 0. The molecule has 4 nitrogen and oxygen atoms in total. The van der Waals surface area contributed by atoms with E-state index in [0.29, 0.717) is 6.07 Å². The lowest BCUT2D eigenvalue weighted by Gasteiger charge is -2.14. The summed E-state index contributed by atoms with van der Waals surface area (Å²) in [5, 5.41) is 9.36. The quantitative estimate of drug-likeness (QED) is 0.757. The standard InChI is InChI=1S/C10H11F2NO3/c1-16-10(15)7(4-13)6-2-5(11)3-8(12)9(6)14/h2-3,7,14H,4,13H2,1H3. The van der Waals surface area contributed by atoms with Gasteiger partial charge in [-0.2, -0.15) is 0 Å². The molecule has 1 unspecified atom stereocenters. The number of halogens is 2. The summed E-state index contributed by atoms with van der Waals surface area (Å²) < 4.78 is 30.4. The molecule has 0 spiro atoms. The molecule has 88 valence electrons. The summed E-state index contributed by atoms with van der Waals surface area (Å²) in [6.45, 7) is -0.219. The van der Waals surface area contributed by atoms with E-state index in [1.54, 1.807) is 0 Å². The van der Waals surface area contributed by atoms with Gasteiger partial charge in [0.05, 0.1) is 13.0 Å². The summed E-state index contributed by atoms with van der Waals surface area (Å²) in [4.78, 5) is 11.3. The smallest absolute Gasteiger partial charge is 0.314 e. The maximum Gasteiger partial charge on any atom is 0.314 e. The normalized spacial score (nSPS) is 12.2. The lowest BCUT2D eigenvalue weighted by atomic mass is 9.98. The molecule has 1 aromatic carbocycles. The predicted octanol–water partition coefficient (Wildman–Crippen LogP) is 0.886. The average Bonchev–Trinajstić information content (AvgIpc) is 2.25. The van der Waals surface area contributed by atoms with Crippen LogP contribution in [0.4, 0.5) is 8.78 Å². The zero-order valence-electron chi connectivity index (χ0n) is 8.54. The van der Waals surface area contributed by atoms with E-state index in [4.69, 9.17) is 5.73 Å². The molecule has 3 N–H and O–H groups in total. The highest BCUT2D eigenvalue weighted by Gasteiger charge is 2.25. The Morgan fingerprint density at radius 2 is 2.19 bits per heavy atom. The third kappa shape index (κ3) is 2.27. The Kier molecular flexibility index (Phi) is 3.78. The molecule has 0 saturated carbocycles. The molecule has 0 bridgehead atoms. The van der Waals surface area contributed by atoms with E-state index >= 15 is 0 Å². The van der Waals surface area contributed by atoms with Crippen molar-refractivity contribution in [3.63, 3.8) is 0 Å². The average molecular weight is 231 g/mol. The number of benzene rings is 1. The lowest BCUT2D eigenvalue weighted by molar-refractivity contribution is -0.142. The van der Waals surface area contributed by atoms with Gasteiger partial charge in [0.1, 0.15) is 5.82 Å². The molecular formula is C10H11F2NO3. The monoisotopic (exact) mass is 231 g/mol. The van der Waals surface area contributed by atoms with Gasteiger partial charge in [0.2, 0.25) is 0 Å². The summed E-state index contributed by atoms with van der Waals surface area (Å²) in [5.74, 6) is -4.68. The highest BCUT2D eigenvalue weighted by molar-refractivity contribution is 5.79. The van der Waals surface area contributed by atoms with Crippen LogP contribution in [-0.4, -0.2) is 24.7 Å². The van der Waals surface area contributed by atoms with E-state index in [0.717, 1.165) is 13.2 Å². The van der Waals surface area contributed by atoms with Crippen molar-refractivity contribution in [3.8, 4) is 5.75 Å². The van der Waals surface area contributed by atoms with Crippen LogP contribution in [0.3, 0.4) is 0 Å². The van der Waals surface area contributed by atoms with Crippen LogP contribution in [0.25, 0.3) is 0 Å². The molecule has 1 rings (SSSR count). The van der Waals surface area contributed by atoms with E-state index in [1.807, 2.05) is 0 Å². The first-order chi connectivity index (χ1) is 7.51. The first-order valence-corrected chi connectivity index (χ1v) is 4.47. The summed E-state index contributed by atoms with van der Waals surface area (Å²) in [7, 11) is 1.12. The van der Waals surface area contributed by atoms with Gasteiger partial charge < -0.3 is 15.6 Å². The van der Waals surface area contributed by atoms with Crippen molar-refractivity contribution in [3.05, 3.63) is 29.3 Å². The minimum atomic E-state index is -1.14. The molecule has 6 heteroatoms. The number of esters is 1. The maximum absolute atomic E-state index is 13.0. The van der Waals surface area contributed by atoms with Crippen LogP contribution in [0.5, 0.6) is 5.75 Å². The van der Waals surface area contributed by atoms with Crippen molar-refractivity contribution < 1.29 is 23.4 Å². The molecule has 0 heterocycles. The van der Waals surface area contributed by atoms with Crippen LogP contribution in [0.1, 0.15) is 11.5 Å². The van der Waals surface area contributed by atoms with Crippen molar-refractivity contribution in [2.24, 2.45) is 5.73 Å². The van der Waals surface area contributed by atoms with Gasteiger partial charge in [-0.1, -0.05) is 0 Å². The molecule has 1 atom stereocenters. The molecule has 0 radical (unpaired) electrons. The summed E-state index contributed by atoms with van der Waals surface area (Å²) >= 11 is 0. The van der Waals surface area contributed by atoms with Crippen molar-refractivity contribution in [2.45, 2.75) is 5.92 Å². The summed E-state index contributed by atoms with van der Waals surface area (Å²) in [5.41, 5.74) is 5.08. The van der Waals surface area contributed by atoms with Gasteiger partial charge in [0, 0.05) is 18.2 Å². The van der Waals surface area contributed by atoms with Gasteiger partial charge >= 0.3 is 5.97 Å². The Bertz CT molecular complexity index is 409. The van der Waals surface area contributed by atoms with Gasteiger partial charge in [-0.3, -0.25) is 4.79 Å². The molecule has 0 aromatic heterocycles. The van der Waals surface area contributed by atoms with Crippen molar-refractivity contribution in [2.75, 3.05) is 13.7 Å². The Morgan fingerprint density at radius 1 is 1.56 bits per heavy atom. The molecule has 0 aliphatic carbocycles. The highest BCUT2D eigenvalue weighted by atomic mass is 19.1. The third-order valence-corrected chi connectivity index (χ3v) is 2.15. The van der Waals surface area contributed by atoms with Crippen LogP contribution in [0, 0.1) is 11.6 Å². The van der Waals surface area contributed by atoms with Crippen LogP contribution in [0.15, 0.2) is 12.1 Å². The molecule has 1 aromatic rings. The van der Waals surface area contributed by atoms with Gasteiger partial charge in [0.25, 0.3) is 0 Å². The van der Waals surface area contributed by atoms with E-state index in [9.17, 15) is 18.7 Å². The van der Waals surface area contributed by atoms with Crippen molar-refractivity contribution >= 4 is 5.97 Å². The molecule has 0 aliphatic rings. The largest absolute Gasteiger partial charge is 0.505 e. The second kappa shape index (κ2) is 4.89. The van der Waals surface area contributed by atoms with Gasteiger partial charge in [-0.15, -0.1) is 0 Å². The van der Waals surface area contributed by atoms with Gasteiger partial charge in [0.15, 0.2) is 11.6 Å². The first-order valence-electron chi connectivity index (χ1n) is 4.47. The number of hydrogen-bond donors (Lipinski definition) is 2. The summed E-state index contributed by atoms with van der Waals surface area (Å²) in [6, 6.07) is 1.37. The van der Waals surface area contributed by atoms with Crippen molar-refractivity contribution in [1.29, 1.82) is 0 Å². The maximum atomic E-state index is 13.0. The highest BCUT2D eigenvalue weighted by Crippen LogP contribution is 2.29. The number of carbonyl (C=O) groups excluding carboxylic acids is 1. The third-order valence-electron chi connectivity index (χ3n) is 2.15. The minimum Gasteiger partial charge on any atom is -0.505 e. The number of phenols is 1. The lowest BCUT2D eigenvalue weighted by Crippen LogP contribution is -2.23. The number of phenolic OH excluding ortho intramolecular Hbond substituents is 1. The molecule has 16 heavy (non-hydrogen) atoms. The predicted molar refractivity (Wildman–Crippen MR) is 51.8 cm³/mol. The molecule has 0 saturated heterocycles. The van der Waals surface area contributed by atoms with Gasteiger partial charge in [-0.25, -0.2) is 8.78 Å². The fourth-order valence-corrected chi connectivity index (χ4v) is 1.34. The van der Waals surface area contributed by atoms with Crippen LogP contribution in [0.2, 0.25) is 0 Å². The van der Waals surface area contributed by atoms with E-state index in [2.05, 4.69) is 4.74 Å². The number of hydrogen-bond acceptors (Lipinski definition) is 4. The second-order valence-corrected chi connectivity index (χ2v) is 3.14. The molecule has 0 fully saturated rings.